The van der Waals surface area contributed by atoms with Gasteiger partial charge in [-0.25, -0.2) is 4.98 Å². The number of rotatable bonds is 6. The number of nitrogens with one attached hydrogen (secondary N) is 1. The van der Waals surface area contributed by atoms with Crippen LogP contribution in [0.25, 0.3) is 0 Å². The summed E-state index contributed by atoms with van der Waals surface area (Å²) in [5.41, 5.74) is 1.03. The summed E-state index contributed by atoms with van der Waals surface area (Å²) in [5, 5.41) is 6.81. The fourth-order valence-corrected chi connectivity index (χ4v) is 1.47. The lowest BCUT2D eigenvalue weighted by Crippen LogP contribution is -2.17. The van der Waals surface area contributed by atoms with Crippen LogP contribution in [0.2, 0.25) is 0 Å². The summed E-state index contributed by atoms with van der Waals surface area (Å²) in [7, 11) is 1.62. The van der Waals surface area contributed by atoms with Crippen LogP contribution in [0.3, 0.4) is 0 Å². The molecule has 17 heavy (non-hydrogen) atoms. The highest BCUT2D eigenvalue weighted by atomic mass is 16.5. The van der Waals surface area contributed by atoms with Crippen molar-refractivity contribution in [2.24, 2.45) is 0 Å². The minimum Gasteiger partial charge on any atom is -0.481 e. The molecule has 2 heterocycles. The number of methoxy groups -OCH3 is 1. The first-order valence-electron chi connectivity index (χ1n) is 5.34. The van der Waals surface area contributed by atoms with Gasteiger partial charge in [0.1, 0.15) is 0 Å². The van der Waals surface area contributed by atoms with E-state index in [1.165, 1.54) is 6.33 Å². The Morgan fingerprint density at radius 3 is 3.12 bits per heavy atom. The number of nitrogens with zero attached hydrogens (tertiary/aromatic N) is 3. The van der Waals surface area contributed by atoms with Crippen LogP contribution in [-0.4, -0.2) is 28.8 Å². The first-order chi connectivity index (χ1) is 8.40. The van der Waals surface area contributed by atoms with E-state index >= 15 is 0 Å². The van der Waals surface area contributed by atoms with Gasteiger partial charge in [0.25, 0.3) is 0 Å². The number of aromatic nitrogens is 3. The van der Waals surface area contributed by atoms with E-state index in [1.807, 2.05) is 12.1 Å². The predicted octanol–water partition coefficient (Wildman–Crippen LogP) is 0.805. The summed E-state index contributed by atoms with van der Waals surface area (Å²) in [4.78, 5) is 8.06. The van der Waals surface area contributed by atoms with Crippen molar-refractivity contribution < 1.29 is 9.26 Å². The summed E-state index contributed by atoms with van der Waals surface area (Å²) < 4.78 is 10.0. The van der Waals surface area contributed by atoms with Crippen molar-refractivity contribution in [3.63, 3.8) is 0 Å². The lowest BCUT2D eigenvalue weighted by Gasteiger charge is -2.07. The number of ether oxygens (including phenoxy) is 1. The van der Waals surface area contributed by atoms with Crippen LogP contribution in [0.1, 0.15) is 11.5 Å². The Kier molecular flexibility index (Phi) is 4.04. The standard InChI is InChI=1S/C11H14N4O2/c1-16-11-9(3-2-5-13-11)7-12-6-4-10-14-8-15-17-10/h2-3,5,8,12H,4,6-7H2,1H3. The zero-order valence-electron chi connectivity index (χ0n) is 9.59. The van der Waals surface area contributed by atoms with Crippen LogP contribution >= 0.6 is 0 Å². The highest BCUT2D eigenvalue weighted by Crippen LogP contribution is 2.12. The van der Waals surface area contributed by atoms with Gasteiger partial charge in [0, 0.05) is 31.3 Å². The molecule has 0 spiro atoms. The van der Waals surface area contributed by atoms with Gasteiger partial charge in [-0.2, -0.15) is 4.98 Å². The third-order valence-corrected chi connectivity index (χ3v) is 2.28. The largest absolute Gasteiger partial charge is 0.481 e. The molecule has 0 saturated heterocycles. The lowest BCUT2D eigenvalue weighted by molar-refractivity contribution is 0.373. The van der Waals surface area contributed by atoms with E-state index < -0.39 is 0 Å². The van der Waals surface area contributed by atoms with E-state index in [2.05, 4.69) is 20.4 Å². The number of hydrogen-bond donors (Lipinski definition) is 1. The molecule has 0 aliphatic carbocycles. The molecule has 0 bridgehead atoms. The Hall–Kier alpha value is -1.95. The molecule has 0 fully saturated rings. The average molecular weight is 234 g/mol. The first-order valence-corrected chi connectivity index (χ1v) is 5.34. The summed E-state index contributed by atoms with van der Waals surface area (Å²) in [6, 6.07) is 3.86. The quantitative estimate of drug-likeness (QED) is 0.745. The molecular weight excluding hydrogens is 220 g/mol. The van der Waals surface area contributed by atoms with Gasteiger partial charge in [0.05, 0.1) is 7.11 Å². The van der Waals surface area contributed by atoms with E-state index in [-0.39, 0.29) is 0 Å². The second-order valence-electron chi connectivity index (χ2n) is 3.43. The van der Waals surface area contributed by atoms with E-state index in [0.717, 1.165) is 12.1 Å². The second-order valence-corrected chi connectivity index (χ2v) is 3.43. The Labute approximate surface area is 99.0 Å². The third kappa shape index (κ3) is 3.25. The van der Waals surface area contributed by atoms with Gasteiger partial charge < -0.3 is 14.6 Å². The topological polar surface area (TPSA) is 73.1 Å². The van der Waals surface area contributed by atoms with E-state index in [1.54, 1.807) is 13.3 Å². The van der Waals surface area contributed by atoms with Gasteiger partial charge in [-0.3, -0.25) is 0 Å². The SMILES string of the molecule is COc1ncccc1CNCCc1ncno1. The maximum atomic E-state index is 5.16. The molecule has 0 atom stereocenters. The molecule has 0 aliphatic rings. The minimum atomic E-state index is 0.635. The van der Waals surface area contributed by atoms with E-state index in [4.69, 9.17) is 9.26 Å². The van der Waals surface area contributed by atoms with Gasteiger partial charge in [-0.05, 0) is 6.07 Å². The highest BCUT2D eigenvalue weighted by molar-refractivity contribution is 5.24. The van der Waals surface area contributed by atoms with Gasteiger partial charge in [-0.15, -0.1) is 0 Å². The van der Waals surface area contributed by atoms with Crippen molar-refractivity contribution >= 4 is 0 Å². The molecule has 0 radical (unpaired) electrons. The zero-order valence-corrected chi connectivity index (χ0v) is 9.59. The van der Waals surface area contributed by atoms with Crippen LogP contribution in [-0.2, 0) is 13.0 Å². The second kappa shape index (κ2) is 5.95. The summed E-state index contributed by atoms with van der Waals surface area (Å²) >= 11 is 0. The van der Waals surface area contributed by atoms with E-state index in [9.17, 15) is 0 Å². The smallest absolute Gasteiger partial charge is 0.227 e. The van der Waals surface area contributed by atoms with Crippen LogP contribution in [0.4, 0.5) is 0 Å². The average Bonchev–Trinajstić information content (AvgIpc) is 2.88. The molecule has 2 aromatic rings. The lowest BCUT2D eigenvalue weighted by atomic mass is 10.2. The van der Waals surface area contributed by atoms with Crippen molar-refractivity contribution in [3.05, 3.63) is 36.1 Å². The molecule has 0 aromatic carbocycles. The summed E-state index contributed by atoms with van der Waals surface area (Å²) in [6.45, 7) is 1.46. The molecule has 0 amide bonds. The molecular formula is C11H14N4O2. The fourth-order valence-electron chi connectivity index (χ4n) is 1.47. The van der Waals surface area contributed by atoms with Crippen LogP contribution in [0.5, 0.6) is 5.88 Å². The van der Waals surface area contributed by atoms with E-state index in [0.29, 0.717) is 24.7 Å². The Morgan fingerprint density at radius 1 is 1.41 bits per heavy atom. The molecule has 90 valence electrons. The molecule has 2 aromatic heterocycles. The number of pyridine rings is 1. The van der Waals surface area contributed by atoms with Crippen LogP contribution < -0.4 is 10.1 Å². The predicted molar refractivity (Wildman–Crippen MR) is 60.5 cm³/mol. The maximum Gasteiger partial charge on any atom is 0.227 e. The molecule has 6 heteroatoms. The van der Waals surface area contributed by atoms with Crippen molar-refractivity contribution in [1.29, 1.82) is 0 Å². The zero-order chi connectivity index (χ0) is 11.9. The molecule has 6 nitrogen and oxygen atoms in total. The monoisotopic (exact) mass is 234 g/mol. The number of hydrogen-bond acceptors (Lipinski definition) is 6. The molecule has 0 saturated carbocycles. The summed E-state index contributed by atoms with van der Waals surface area (Å²) in [5.74, 6) is 1.29. The first kappa shape index (κ1) is 11.5. The molecule has 2 rings (SSSR count). The van der Waals surface area contributed by atoms with Gasteiger partial charge in [0.15, 0.2) is 6.33 Å². The highest BCUT2D eigenvalue weighted by Gasteiger charge is 2.03. The molecule has 1 N–H and O–H groups in total. The molecule has 0 unspecified atom stereocenters. The third-order valence-electron chi connectivity index (χ3n) is 2.28. The normalized spacial score (nSPS) is 10.4. The van der Waals surface area contributed by atoms with Crippen LogP contribution in [0, 0.1) is 0 Å². The molecule has 0 aliphatic heterocycles. The van der Waals surface area contributed by atoms with Crippen molar-refractivity contribution in [3.8, 4) is 5.88 Å². The van der Waals surface area contributed by atoms with Crippen LogP contribution in [0.15, 0.2) is 29.2 Å². The van der Waals surface area contributed by atoms with Gasteiger partial charge >= 0.3 is 0 Å². The van der Waals surface area contributed by atoms with Crippen molar-refractivity contribution in [1.82, 2.24) is 20.4 Å². The fraction of sp³-hybridized carbons (Fsp3) is 0.364. The minimum absolute atomic E-state index is 0.635. The maximum absolute atomic E-state index is 5.16. The van der Waals surface area contributed by atoms with Crippen molar-refractivity contribution in [2.45, 2.75) is 13.0 Å². The Morgan fingerprint density at radius 2 is 2.35 bits per heavy atom. The Bertz CT molecular complexity index is 444. The summed E-state index contributed by atoms with van der Waals surface area (Å²) in [6.07, 6.45) is 3.82. The Balaban J connectivity index is 1.78. The van der Waals surface area contributed by atoms with Crippen molar-refractivity contribution in [2.75, 3.05) is 13.7 Å². The van der Waals surface area contributed by atoms with Gasteiger partial charge in [-0.1, -0.05) is 11.2 Å². The van der Waals surface area contributed by atoms with Gasteiger partial charge in [0.2, 0.25) is 11.8 Å².